The van der Waals surface area contributed by atoms with Crippen LogP contribution < -0.4 is 15.6 Å². The van der Waals surface area contributed by atoms with Crippen molar-refractivity contribution in [1.29, 1.82) is 0 Å². The number of aromatic amines is 1. The zero-order valence-corrected chi connectivity index (χ0v) is 21.6. The van der Waals surface area contributed by atoms with Crippen LogP contribution in [-0.2, 0) is 0 Å². The highest BCUT2D eigenvalue weighted by molar-refractivity contribution is 7.80. The van der Waals surface area contributed by atoms with Crippen molar-refractivity contribution in [2.24, 2.45) is 0 Å². The number of thiol groups is 1. The highest BCUT2D eigenvalue weighted by Crippen LogP contribution is 2.34. The van der Waals surface area contributed by atoms with Gasteiger partial charge in [0, 0.05) is 43.3 Å². The molecular weight excluding hydrogens is 486 g/mol. The Morgan fingerprint density at radius 3 is 2.60 bits per heavy atom. The first-order valence-corrected chi connectivity index (χ1v) is 12.4. The van der Waals surface area contributed by atoms with Crippen molar-refractivity contribution in [3.63, 3.8) is 0 Å². The molecule has 3 aromatic rings. The highest BCUT2D eigenvalue weighted by atomic mass is 35.5. The molecule has 0 bridgehead atoms. The first kappa shape index (κ1) is 27.2. The molecule has 188 valence electrons. The Morgan fingerprint density at radius 2 is 1.94 bits per heavy atom. The van der Waals surface area contributed by atoms with E-state index in [1.807, 2.05) is 26.1 Å². The number of hydrogen-bond acceptors (Lipinski definition) is 7. The molecule has 1 aliphatic heterocycles. The Morgan fingerprint density at radius 1 is 1.26 bits per heavy atom. The average Bonchev–Trinajstić information content (AvgIpc) is 2.86. The van der Waals surface area contributed by atoms with E-state index in [4.69, 9.17) is 16.3 Å². The number of pyridine rings is 1. The van der Waals surface area contributed by atoms with Crippen LogP contribution in [0.3, 0.4) is 0 Å². The lowest BCUT2D eigenvalue weighted by Gasteiger charge is -2.33. The van der Waals surface area contributed by atoms with E-state index in [1.54, 1.807) is 24.3 Å². The number of aryl methyl sites for hydroxylation is 1. The number of β-amino-alcohol motifs (C(OH)–C–C–N with tert-alkyl or cyclic N) is 1. The number of hydrogen-bond donors (Lipinski definition) is 4. The van der Waals surface area contributed by atoms with Crippen LogP contribution >= 0.6 is 24.2 Å². The van der Waals surface area contributed by atoms with Gasteiger partial charge in [-0.15, -0.1) is 12.6 Å². The van der Waals surface area contributed by atoms with E-state index in [-0.39, 0.29) is 17.8 Å². The number of fused-ring (bicyclic) bond motifs is 1. The Hall–Kier alpha value is -2.36. The van der Waals surface area contributed by atoms with E-state index in [0.717, 1.165) is 43.5 Å². The summed E-state index contributed by atoms with van der Waals surface area (Å²) >= 11 is 10.7. The number of carbonyl (C=O) groups is 1. The van der Waals surface area contributed by atoms with Gasteiger partial charge in [0.05, 0.1) is 16.0 Å². The van der Waals surface area contributed by atoms with Crippen LogP contribution in [0.25, 0.3) is 10.8 Å². The Kier molecular flexibility index (Phi) is 10.2. The summed E-state index contributed by atoms with van der Waals surface area (Å²) in [5, 5.41) is 14.7. The number of halogens is 1. The van der Waals surface area contributed by atoms with Crippen molar-refractivity contribution in [1.82, 2.24) is 15.2 Å². The van der Waals surface area contributed by atoms with Gasteiger partial charge in [-0.3, -0.25) is 9.59 Å². The van der Waals surface area contributed by atoms with Crippen LogP contribution in [-0.4, -0.2) is 66.7 Å². The summed E-state index contributed by atoms with van der Waals surface area (Å²) in [6.45, 7) is 5.17. The minimum atomic E-state index is -0.317. The number of nitrogens with zero attached hydrogens (tertiary/aromatic N) is 1. The SMILES string of the molecule is CNCC(O)CN1CCC(Oc2ccc(C)c(Cl)c2S)CC1.O=Cc1c[nH]c(=O)c2ccccc12. The number of carbonyl (C=O) groups excluding carboxylic acids is 1. The smallest absolute Gasteiger partial charge is 0.255 e. The van der Waals surface area contributed by atoms with E-state index in [2.05, 4.69) is 27.8 Å². The average molecular weight is 518 g/mol. The second kappa shape index (κ2) is 13.1. The van der Waals surface area contributed by atoms with Gasteiger partial charge >= 0.3 is 0 Å². The number of likely N-dealkylation sites (tertiary alicyclic amines) is 1. The van der Waals surface area contributed by atoms with Crippen molar-refractivity contribution in [2.45, 2.75) is 36.9 Å². The van der Waals surface area contributed by atoms with Gasteiger partial charge in [-0.25, -0.2) is 0 Å². The summed E-state index contributed by atoms with van der Waals surface area (Å²) in [7, 11) is 1.85. The first-order chi connectivity index (χ1) is 16.8. The van der Waals surface area contributed by atoms with Gasteiger partial charge in [0.15, 0.2) is 6.29 Å². The zero-order chi connectivity index (χ0) is 25.4. The van der Waals surface area contributed by atoms with E-state index < -0.39 is 0 Å². The molecule has 7 nitrogen and oxygen atoms in total. The number of H-pyrrole nitrogens is 1. The third kappa shape index (κ3) is 7.32. The lowest BCUT2D eigenvalue weighted by molar-refractivity contribution is 0.0608. The molecule has 0 amide bonds. The molecule has 3 N–H and O–H groups in total. The number of nitrogens with one attached hydrogen (secondary N) is 2. The second-order valence-corrected chi connectivity index (χ2v) is 9.43. The lowest BCUT2D eigenvalue weighted by atomic mass is 10.1. The fourth-order valence-electron chi connectivity index (χ4n) is 4.06. The number of piperidine rings is 1. The van der Waals surface area contributed by atoms with Gasteiger partial charge in [-0.1, -0.05) is 35.9 Å². The largest absolute Gasteiger partial charge is 0.489 e. The van der Waals surface area contributed by atoms with Crippen LogP contribution in [0.2, 0.25) is 5.02 Å². The molecule has 0 spiro atoms. The van der Waals surface area contributed by atoms with Crippen molar-refractivity contribution in [3.05, 3.63) is 69.1 Å². The van der Waals surface area contributed by atoms with Crippen molar-refractivity contribution >= 4 is 41.3 Å². The number of benzene rings is 2. The summed E-state index contributed by atoms with van der Waals surface area (Å²) in [5.74, 6) is 0.757. The number of aliphatic hydroxyl groups excluding tert-OH is 1. The second-order valence-electron chi connectivity index (χ2n) is 8.61. The lowest BCUT2D eigenvalue weighted by Crippen LogP contribution is -2.43. The highest BCUT2D eigenvalue weighted by Gasteiger charge is 2.23. The number of rotatable bonds is 7. The van der Waals surface area contributed by atoms with Crippen LogP contribution in [0, 0.1) is 6.92 Å². The molecular formula is C26H32ClN3O4S. The van der Waals surface area contributed by atoms with Gasteiger partial charge in [0.1, 0.15) is 11.9 Å². The Labute approximate surface area is 215 Å². The minimum Gasteiger partial charge on any atom is -0.489 e. The van der Waals surface area contributed by atoms with Crippen molar-refractivity contribution < 1.29 is 14.6 Å². The molecule has 4 rings (SSSR count). The summed E-state index contributed by atoms with van der Waals surface area (Å²) < 4.78 is 6.06. The molecule has 1 saturated heterocycles. The van der Waals surface area contributed by atoms with Crippen LogP contribution in [0.1, 0.15) is 28.8 Å². The zero-order valence-electron chi connectivity index (χ0n) is 20.0. The molecule has 2 heterocycles. The fraction of sp³-hybridized carbons (Fsp3) is 0.385. The maximum atomic E-state index is 11.3. The minimum absolute atomic E-state index is 0.166. The van der Waals surface area contributed by atoms with Gasteiger partial charge in [-0.2, -0.15) is 0 Å². The van der Waals surface area contributed by atoms with Crippen LogP contribution in [0.5, 0.6) is 5.75 Å². The van der Waals surface area contributed by atoms with Gasteiger partial charge in [0.25, 0.3) is 5.56 Å². The maximum Gasteiger partial charge on any atom is 0.255 e. The molecule has 1 aromatic heterocycles. The van der Waals surface area contributed by atoms with E-state index in [1.165, 1.54) is 6.20 Å². The number of aldehydes is 1. The van der Waals surface area contributed by atoms with Gasteiger partial charge in [0.2, 0.25) is 0 Å². The first-order valence-electron chi connectivity index (χ1n) is 11.6. The molecule has 0 aliphatic carbocycles. The molecule has 1 aliphatic rings. The number of ether oxygens (including phenoxy) is 1. The molecule has 0 saturated carbocycles. The Bertz CT molecular complexity index is 1190. The van der Waals surface area contributed by atoms with E-state index in [9.17, 15) is 14.7 Å². The fourth-order valence-corrected chi connectivity index (χ4v) is 4.52. The molecule has 9 heteroatoms. The van der Waals surface area contributed by atoms with Crippen LogP contribution in [0.4, 0.5) is 0 Å². The molecule has 2 aromatic carbocycles. The molecule has 1 fully saturated rings. The third-order valence-corrected chi connectivity index (χ3v) is 7.04. The standard InChI is InChI=1S/C16H25ClN2O2S.C10H7NO2/c1-11-3-4-14(16(22)15(11)17)21-13-5-7-19(8-6-13)10-12(20)9-18-2;12-6-7-5-11-10(13)9-4-2-1-3-8(7)9/h3-4,12-13,18,20,22H,5-10H2,1-2H3;1-6H,(H,11,13). The molecule has 1 atom stereocenters. The topological polar surface area (TPSA) is 94.7 Å². The summed E-state index contributed by atoms with van der Waals surface area (Å²) in [4.78, 5) is 27.4. The van der Waals surface area contributed by atoms with Crippen LogP contribution in [0.15, 0.2) is 52.3 Å². The molecule has 1 unspecified atom stereocenters. The number of likely N-dealkylation sites (N-methyl/N-ethyl adjacent to an activating group) is 1. The number of aliphatic hydroxyl groups is 1. The summed E-state index contributed by atoms with van der Waals surface area (Å²) in [6, 6.07) is 10.9. The van der Waals surface area contributed by atoms with E-state index >= 15 is 0 Å². The monoisotopic (exact) mass is 517 g/mol. The van der Waals surface area contributed by atoms with Crippen molar-refractivity contribution in [3.8, 4) is 5.75 Å². The number of aromatic nitrogens is 1. The van der Waals surface area contributed by atoms with Gasteiger partial charge < -0.3 is 25.0 Å². The maximum absolute atomic E-state index is 11.3. The van der Waals surface area contributed by atoms with Crippen molar-refractivity contribution in [2.75, 3.05) is 33.2 Å². The molecule has 35 heavy (non-hydrogen) atoms. The normalized spacial score (nSPS) is 15.3. The predicted octanol–water partition coefficient (Wildman–Crippen LogP) is 3.70. The summed E-state index contributed by atoms with van der Waals surface area (Å²) in [5.41, 5.74) is 1.35. The predicted molar refractivity (Wildman–Crippen MR) is 143 cm³/mol. The quantitative estimate of drug-likeness (QED) is 0.282. The van der Waals surface area contributed by atoms with Gasteiger partial charge in [-0.05, 0) is 49.9 Å². The third-order valence-electron chi connectivity index (χ3n) is 5.98. The van der Waals surface area contributed by atoms with E-state index in [0.29, 0.717) is 39.3 Å². The molecule has 0 radical (unpaired) electrons. The summed E-state index contributed by atoms with van der Waals surface area (Å²) in [6.07, 6.45) is 3.93. The Balaban J connectivity index is 0.000000223.